The second-order valence-corrected chi connectivity index (χ2v) is 10.7. The van der Waals surface area contributed by atoms with Crippen LogP contribution in [0.4, 0.5) is 0 Å². The van der Waals surface area contributed by atoms with E-state index in [1.54, 1.807) is 0 Å². The van der Waals surface area contributed by atoms with Crippen LogP contribution in [0.15, 0.2) is 11.6 Å². The van der Waals surface area contributed by atoms with Gasteiger partial charge in [0, 0.05) is 6.42 Å². The molecule has 4 aliphatic rings. The molecule has 3 heteroatoms. The molecule has 0 bridgehead atoms. The summed E-state index contributed by atoms with van der Waals surface area (Å²) in [6.45, 7) is 7.16. The Morgan fingerprint density at radius 3 is 2.63 bits per heavy atom. The van der Waals surface area contributed by atoms with Crippen LogP contribution in [0.25, 0.3) is 0 Å². The van der Waals surface area contributed by atoms with E-state index in [-0.39, 0.29) is 12.0 Å². The first-order valence-electron chi connectivity index (χ1n) is 11.3. The lowest BCUT2D eigenvalue weighted by molar-refractivity contribution is -0.117. The minimum Gasteiger partial charge on any atom is -0.394 e. The molecule has 4 aliphatic carbocycles. The molecule has 27 heavy (non-hydrogen) atoms. The summed E-state index contributed by atoms with van der Waals surface area (Å²) >= 11 is 0. The van der Waals surface area contributed by atoms with Crippen molar-refractivity contribution in [2.24, 2.45) is 40.4 Å². The van der Waals surface area contributed by atoms with Crippen LogP contribution in [-0.2, 0) is 4.79 Å². The van der Waals surface area contributed by atoms with Gasteiger partial charge in [0.15, 0.2) is 5.78 Å². The normalized spacial score (nSPS) is 46.1. The molecule has 3 nitrogen and oxygen atoms in total. The lowest BCUT2D eigenvalue weighted by atomic mass is 9.46. The van der Waals surface area contributed by atoms with E-state index < -0.39 is 6.10 Å². The molecule has 0 aromatic heterocycles. The van der Waals surface area contributed by atoms with Gasteiger partial charge in [-0.25, -0.2) is 0 Å². The first-order valence-corrected chi connectivity index (χ1v) is 11.3. The highest BCUT2D eigenvalue weighted by Gasteiger charge is 2.59. The van der Waals surface area contributed by atoms with E-state index in [0.29, 0.717) is 23.0 Å². The molecule has 4 rings (SSSR count). The summed E-state index contributed by atoms with van der Waals surface area (Å²) in [6, 6.07) is 0. The molecule has 0 aromatic carbocycles. The number of aliphatic hydroxyl groups is 2. The lowest BCUT2D eigenvalue weighted by Crippen LogP contribution is -2.51. The summed E-state index contributed by atoms with van der Waals surface area (Å²) in [5, 5.41) is 19.2. The van der Waals surface area contributed by atoms with Crippen molar-refractivity contribution in [3.63, 3.8) is 0 Å². The Hall–Kier alpha value is -0.670. The number of carbonyl (C=O) groups is 1. The monoisotopic (exact) mass is 374 g/mol. The third-order valence-electron chi connectivity index (χ3n) is 9.58. The quantitative estimate of drug-likeness (QED) is 0.761. The van der Waals surface area contributed by atoms with Crippen LogP contribution in [0, 0.1) is 40.4 Å². The Labute approximate surface area is 164 Å². The Morgan fingerprint density at radius 2 is 1.89 bits per heavy atom. The molecule has 3 saturated carbocycles. The maximum atomic E-state index is 12.0. The molecule has 0 saturated heterocycles. The van der Waals surface area contributed by atoms with Gasteiger partial charge in [0.2, 0.25) is 0 Å². The van der Waals surface area contributed by atoms with Gasteiger partial charge in [0.05, 0.1) is 12.7 Å². The van der Waals surface area contributed by atoms with Crippen LogP contribution >= 0.6 is 0 Å². The number of hydrogen-bond donors (Lipinski definition) is 2. The second kappa shape index (κ2) is 6.99. The number of ketones is 1. The zero-order valence-corrected chi connectivity index (χ0v) is 17.4. The molecule has 2 N–H and O–H groups in total. The summed E-state index contributed by atoms with van der Waals surface area (Å²) in [7, 11) is 0. The van der Waals surface area contributed by atoms with Gasteiger partial charge >= 0.3 is 0 Å². The number of fused-ring (bicyclic) bond motifs is 5. The van der Waals surface area contributed by atoms with Crippen LogP contribution in [0.5, 0.6) is 0 Å². The summed E-state index contributed by atoms with van der Waals surface area (Å²) in [6.07, 6.45) is 11.5. The highest BCUT2D eigenvalue weighted by molar-refractivity contribution is 5.91. The average molecular weight is 375 g/mol. The smallest absolute Gasteiger partial charge is 0.155 e. The fourth-order valence-electron chi connectivity index (χ4n) is 8.20. The van der Waals surface area contributed by atoms with E-state index >= 15 is 0 Å². The first-order chi connectivity index (χ1) is 12.8. The van der Waals surface area contributed by atoms with Crippen molar-refractivity contribution in [1.82, 2.24) is 0 Å². The molecule has 0 aromatic rings. The van der Waals surface area contributed by atoms with Gasteiger partial charge in [0.1, 0.15) is 0 Å². The fraction of sp³-hybridized carbons (Fsp3) is 0.875. The van der Waals surface area contributed by atoms with Crippen molar-refractivity contribution in [2.75, 3.05) is 6.61 Å². The van der Waals surface area contributed by atoms with E-state index in [1.165, 1.54) is 37.7 Å². The molecule has 0 radical (unpaired) electrons. The highest BCUT2D eigenvalue weighted by Crippen LogP contribution is 2.67. The minimum atomic E-state index is -0.569. The third kappa shape index (κ3) is 3.04. The predicted octanol–water partition coefficient (Wildman–Crippen LogP) is 4.51. The van der Waals surface area contributed by atoms with Crippen molar-refractivity contribution < 1.29 is 15.0 Å². The zero-order chi connectivity index (χ0) is 19.4. The summed E-state index contributed by atoms with van der Waals surface area (Å²) in [4.78, 5) is 12.0. The van der Waals surface area contributed by atoms with Crippen molar-refractivity contribution >= 4 is 5.78 Å². The summed E-state index contributed by atoms with van der Waals surface area (Å²) < 4.78 is 0. The fourth-order valence-corrected chi connectivity index (χ4v) is 8.20. The summed E-state index contributed by atoms with van der Waals surface area (Å²) in [5.74, 6) is 3.84. The molecule has 0 spiro atoms. The predicted molar refractivity (Wildman–Crippen MR) is 107 cm³/mol. The van der Waals surface area contributed by atoms with E-state index in [1.807, 2.05) is 6.08 Å². The largest absolute Gasteiger partial charge is 0.394 e. The second-order valence-electron chi connectivity index (χ2n) is 10.7. The number of aliphatic hydroxyl groups excluding tert-OH is 2. The van der Waals surface area contributed by atoms with Crippen molar-refractivity contribution in [2.45, 2.75) is 84.7 Å². The molecule has 3 fully saturated rings. The van der Waals surface area contributed by atoms with Crippen LogP contribution in [0.3, 0.4) is 0 Å². The number of hydrogen-bond acceptors (Lipinski definition) is 3. The van der Waals surface area contributed by atoms with Gasteiger partial charge in [-0.1, -0.05) is 26.3 Å². The molecule has 0 amide bonds. The van der Waals surface area contributed by atoms with Crippen LogP contribution in [-0.4, -0.2) is 28.7 Å². The summed E-state index contributed by atoms with van der Waals surface area (Å²) in [5.41, 5.74) is 2.10. The maximum Gasteiger partial charge on any atom is 0.155 e. The van der Waals surface area contributed by atoms with E-state index in [2.05, 4.69) is 20.8 Å². The Kier molecular flexibility index (Phi) is 5.08. The third-order valence-corrected chi connectivity index (χ3v) is 9.58. The molecule has 0 heterocycles. The van der Waals surface area contributed by atoms with Gasteiger partial charge in [-0.15, -0.1) is 0 Å². The Bertz CT molecular complexity index is 625. The Morgan fingerprint density at radius 1 is 1.11 bits per heavy atom. The molecule has 152 valence electrons. The molecule has 0 aliphatic heterocycles. The van der Waals surface area contributed by atoms with E-state index in [9.17, 15) is 15.0 Å². The number of carbonyl (C=O) groups excluding carboxylic acids is 1. The number of rotatable bonds is 4. The van der Waals surface area contributed by atoms with Crippen molar-refractivity contribution in [3.8, 4) is 0 Å². The number of allylic oxidation sites excluding steroid dienone is 1. The minimum absolute atomic E-state index is 0.117. The van der Waals surface area contributed by atoms with Crippen LogP contribution < -0.4 is 0 Å². The van der Waals surface area contributed by atoms with Gasteiger partial charge in [-0.3, -0.25) is 4.79 Å². The van der Waals surface area contributed by atoms with Gasteiger partial charge in [-0.05, 0) is 97.9 Å². The van der Waals surface area contributed by atoms with Crippen LogP contribution in [0.1, 0.15) is 78.6 Å². The zero-order valence-electron chi connectivity index (χ0n) is 17.4. The van der Waals surface area contributed by atoms with Crippen molar-refractivity contribution in [3.05, 3.63) is 11.6 Å². The molecule has 1 unspecified atom stereocenters. The molecular formula is C24H38O3. The first kappa shape index (κ1) is 19.6. The SMILES string of the molecule is CC(C[C@@H](O)CO)[C@H]1CC[C@H]2[C@@H]3CCC4=CC(=O)CC[C@]4(C)[C@H]3CC[C@]12C. The lowest BCUT2D eigenvalue weighted by Gasteiger charge is -2.58. The van der Waals surface area contributed by atoms with E-state index in [4.69, 9.17) is 0 Å². The average Bonchev–Trinajstić information content (AvgIpc) is 2.99. The topological polar surface area (TPSA) is 57.5 Å². The van der Waals surface area contributed by atoms with Crippen LogP contribution in [0.2, 0.25) is 0 Å². The van der Waals surface area contributed by atoms with Crippen molar-refractivity contribution in [1.29, 1.82) is 0 Å². The molecule has 8 atom stereocenters. The standard InChI is InChI=1S/C24H38O3/c1-15(12-18(27)14-25)20-6-7-21-19-5-4-16-13-17(26)8-10-23(16,2)22(19)9-11-24(20,21)3/h13,15,18-22,25,27H,4-12,14H2,1-3H3/t15?,18-,19+,20-,21+,22+,23+,24-/m1/s1. The maximum absolute atomic E-state index is 12.0. The highest BCUT2D eigenvalue weighted by atomic mass is 16.3. The van der Waals surface area contributed by atoms with Gasteiger partial charge in [-0.2, -0.15) is 0 Å². The molecular weight excluding hydrogens is 336 g/mol. The Balaban J connectivity index is 1.56. The van der Waals surface area contributed by atoms with Gasteiger partial charge < -0.3 is 10.2 Å². The van der Waals surface area contributed by atoms with Gasteiger partial charge in [0.25, 0.3) is 0 Å². The van der Waals surface area contributed by atoms with E-state index in [0.717, 1.165) is 43.4 Å².